The summed E-state index contributed by atoms with van der Waals surface area (Å²) in [6.45, 7) is 6.49. The van der Waals surface area contributed by atoms with E-state index in [0.717, 1.165) is 79.7 Å². The summed E-state index contributed by atoms with van der Waals surface area (Å²) in [5.74, 6) is 1.13. The van der Waals surface area contributed by atoms with E-state index in [9.17, 15) is 9.90 Å². The van der Waals surface area contributed by atoms with Gasteiger partial charge in [0, 0.05) is 55.3 Å². The third-order valence-electron chi connectivity index (χ3n) is 7.73. The number of carbonyl (C=O) groups is 1. The van der Waals surface area contributed by atoms with Crippen molar-refractivity contribution in [3.63, 3.8) is 0 Å². The lowest BCUT2D eigenvalue weighted by molar-refractivity contribution is -0.138. The number of unbranched alkanes of at least 4 members (excludes halogenated alkanes) is 1. The second kappa shape index (κ2) is 15.4. The van der Waals surface area contributed by atoms with Gasteiger partial charge in [0.1, 0.15) is 17.7 Å². The maximum absolute atomic E-state index is 12.4. The maximum atomic E-state index is 12.4. The van der Waals surface area contributed by atoms with Gasteiger partial charge in [-0.15, -0.1) is 0 Å². The summed E-state index contributed by atoms with van der Waals surface area (Å²) in [5, 5.41) is 17.6. The van der Waals surface area contributed by atoms with Gasteiger partial charge in [-0.3, -0.25) is 4.98 Å². The minimum atomic E-state index is -0.914. The normalized spacial score (nSPS) is 13.4. The number of hydrogen-bond donors (Lipinski definition) is 3. The number of para-hydroxylation sites is 1. The molecule has 1 atom stereocenters. The number of hydrogen-bond acceptors (Lipinski definition) is 9. The smallest absolute Gasteiger partial charge is 0.326 e. The number of aliphatic carboxylic acids is 1. The fourth-order valence-electron chi connectivity index (χ4n) is 5.37. The van der Waals surface area contributed by atoms with E-state index in [0.29, 0.717) is 37.8 Å². The Bertz CT molecular complexity index is 1480. The van der Waals surface area contributed by atoms with Crippen molar-refractivity contribution in [3.05, 3.63) is 72.2 Å². The van der Waals surface area contributed by atoms with Gasteiger partial charge >= 0.3 is 5.97 Å². The second-order valence-corrected chi connectivity index (χ2v) is 10.8. The molecule has 0 amide bonds. The van der Waals surface area contributed by atoms with E-state index in [1.807, 2.05) is 43.3 Å². The molecule has 0 saturated carbocycles. The van der Waals surface area contributed by atoms with E-state index < -0.39 is 12.0 Å². The summed E-state index contributed by atoms with van der Waals surface area (Å²) in [7, 11) is 0. The summed E-state index contributed by atoms with van der Waals surface area (Å²) in [4.78, 5) is 33.1. The standard InChI is InChI=1S/C33H41N7O3/c1-2-43-22-21-40(19-6-5-11-26-15-14-24-9-8-18-35-30(24)36-26)20-16-29(33(41)42)38-32-27-12-3-4-13-28(27)37-31(39-32)25-10-7-17-34-23-25/h3-4,7,10,12-15,17,23,29H,2,5-6,8-9,11,16,18-22H2,1H3,(H,35,36)(H,41,42)(H,37,38,39)/t29-/m0/s1. The van der Waals surface area contributed by atoms with Crippen LogP contribution in [0.4, 0.5) is 11.6 Å². The number of pyridine rings is 2. The number of nitrogens with zero attached hydrogens (tertiary/aromatic N) is 5. The van der Waals surface area contributed by atoms with Gasteiger partial charge in [0.2, 0.25) is 0 Å². The number of anilines is 2. The molecule has 0 saturated heterocycles. The lowest BCUT2D eigenvalue weighted by atomic mass is 10.1. The Morgan fingerprint density at radius 1 is 1.07 bits per heavy atom. The van der Waals surface area contributed by atoms with Crippen LogP contribution in [0.15, 0.2) is 60.9 Å². The number of carboxylic acid groups (broad SMARTS) is 1. The third kappa shape index (κ3) is 8.46. The molecular weight excluding hydrogens is 542 g/mol. The number of nitrogens with one attached hydrogen (secondary N) is 2. The van der Waals surface area contributed by atoms with Gasteiger partial charge in [-0.2, -0.15) is 0 Å². The van der Waals surface area contributed by atoms with Crippen molar-refractivity contribution in [2.45, 2.75) is 51.5 Å². The predicted octanol–water partition coefficient (Wildman–Crippen LogP) is 5.06. The lowest BCUT2D eigenvalue weighted by Crippen LogP contribution is -2.37. The van der Waals surface area contributed by atoms with Crippen LogP contribution >= 0.6 is 0 Å². The molecule has 4 aromatic rings. The van der Waals surface area contributed by atoms with Gasteiger partial charge in [-0.1, -0.05) is 18.2 Å². The van der Waals surface area contributed by atoms with E-state index in [2.05, 4.69) is 32.7 Å². The zero-order chi connectivity index (χ0) is 29.9. The molecule has 3 aromatic heterocycles. The molecule has 4 heterocycles. The third-order valence-corrected chi connectivity index (χ3v) is 7.73. The van der Waals surface area contributed by atoms with Crippen LogP contribution in [0.5, 0.6) is 0 Å². The highest BCUT2D eigenvalue weighted by Gasteiger charge is 2.21. The van der Waals surface area contributed by atoms with Gasteiger partial charge < -0.3 is 25.4 Å². The molecular formula is C33H41N7O3. The molecule has 226 valence electrons. The molecule has 0 bridgehead atoms. The topological polar surface area (TPSA) is 125 Å². The number of benzene rings is 1. The van der Waals surface area contributed by atoms with Crippen LogP contribution in [-0.2, 0) is 22.4 Å². The van der Waals surface area contributed by atoms with Crippen molar-refractivity contribution in [1.82, 2.24) is 24.8 Å². The first-order valence-electron chi connectivity index (χ1n) is 15.3. The van der Waals surface area contributed by atoms with Crippen molar-refractivity contribution < 1.29 is 14.6 Å². The Morgan fingerprint density at radius 2 is 1.98 bits per heavy atom. The molecule has 1 aliphatic rings. The molecule has 1 aromatic carbocycles. The fourth-order valence-corrected chi connectivity index (χ4v) is 5.37. The van der Waals surface area contributed by atoms with Crippen LogP contribution in [0.3, 0.4) is 0 Å². The highest BCUT2D eigenvalue weighted by molar-refractivity contribution is 5.92. The Hall–Kier alpha value is -4.15. The predicted molar refractivity (Wildman–Crippen MR) is 169 cm³/mol. The molecule has 43 heavy (non-hydrogen) atoms. The monoisotopic (exact) mass is 583 g/mol. The van der Waals surface area contributed by atoms with Crippen LogP contribution in [0, 0.1) is 0 Å². The highest BCUT2D eigenvalue weighted by Crippen LogP contribution is 2.26. The van der Waals surface area contributed by atoms with E-state index in [1.54, 1.807) is 12.4 Å². The number of ether oxygens (including phenoxy) is 1. The van der Waals surface area contributed by atoms with Crippen LogP contribution < -0.4 is 10.6 Å². The minimum absolute atomic E-state index is 0.417. The first-order valence-corrected chi connectivity index (χ1v) is 15.3. The molecule has 0 unspecified atom stereocenters. The zero-order valence-electron chi connectivity index (χ0n) is 24.8. The average Bonchev–Trinajstić information content (AvgIpc) is 3.04. The van der Waals surface area contributed by atoms with Crippen LogP contribution in [0.25, 0.3) is 22.3 Å². The summed E-state index contributed by atoms with van der Waals surface area (Å²) in [6, 6.07) is 14.9. The number of rotatable bonds is 16. The molecule has 5 rings (SSSR count). The molecule has 3 N–H and O–H groups in total. The largest absolute Gasteiger partial charge is 0.480 e. The van der Waals surface area contributed by atoms with Gasteiger partial charge in [-0.25, -0.2) is 19.7 Å². The zero-order valence-corrected chi connectivity index (χ0v) is 24.8. The minimum Gasteiger partial charge on any atom is -0.480 e. The van der Waals surface area contributed by atoms with Gasteiger partial charge in [0.15, 0.2) is 5.82 Å². The maximum Gasteiger partial charge on any atom is 0.326 e. The molecule has 10 nitrogen and oxygen atoms in total. The van der Waals surface area contributed by atoms with E-state index in [1.165, 1.54) is 5.56 Å². The highest BCUT2D eigenvalue weighted by atomic mass is 16.5. The second-order valence-electron chi connectivity index (χ2n) is 10.8. The molecule has 10 heteroatoms. The number of aryl methyl sites for hydroxylation is 2. The van der Waals surface area contributed by atoms with E-state index in [4.69, 9.17) is 19.7 Å². The van der Waals surface area contributed by atoms with E-state index in [-0.39, 0.29) is 0 Å². The molecule has 0 radical (unpaired) electrons. The van der Waals surface area contributed by atoms with Crippen molar-refractivity contribution in [1.29, 1.82) is 0 Å². The van der Waals surface area contributed by atoms with Gasteiger partial charge in [-0.05, 0) is 87.9 Å². The fraction of sp³-hybridized carbons (Fsp3) is 0.424. The first kappa shape index (κ1) is 30.3. The van der Waals surface area contributed by atoms with Gasteiger partial charge in [0.05, 0.1) is 12.1 Å². The van der Waals surface area contributed by atoms with E-state index >= 15 is 0 Å². The summed E-state index contributed by atoms with van der Waals surface area (Å²) >= 11 is 0. The summed E-state index contributed by atoms with van der Waals surface area (Å²) < 4.78 is 5.63. The Morgan fingerprint density at radius 3 is 2.81 bits per heavy atom. The molecule has 0 aliphatic carbocycles. The first-order chi connectivity index (χ1) is 21.1. The van der Waals surface area contributed by atoms with Crippen LogP contribution in [0.2, 0.25) is 0 Å². The molecule has 1 aliphatic heterocycles. The van der Waals surface area contributed by atoms with Crippen molar-refractivity contribution >= 4 is 28.5 Å². The van der Waals surface area contributed by atoms with Crippen molar-refractivity contribution in [2.75, 3.05) is 50.0 Å². The average molecular weight is 584 g/mol. The quantitative estimate of drug-likeness (QED) is 0.154. The molecule has 0 spiro atoms. The Labute approximate surface area is 253 Å². The lowest BCUT2D eigenvalue weighted by Gasteiger charge is -2.25. The summed E-state index contributed by atoms with van der Waals surface area (Å²) in [6.07, 6.45) is 9.01. The Balaban J connectivity index is 1.22. The number of carboxylic acids is 1. The number of aromatic nitrogens is 4. The van der Waals surface area contributed by atoms with Crippen molar-refractivity contribution in [3.8, 4) is 11.4 Å². The van der Waals surface area contributed by atoms with Gasteiger partial charge in [0.25, 0.3) is 0 Å². The summed E-state index contributed by atoms with van der Waals surface area (Å²) in [5.41, 5.74) is 3.94. The SMILES string of the molecule is CCOCCN(CCCCc1ccc2c(n1)NCCC2)CC[C@H](Nc1nc(-c2cccnc2)nc2ccccc12)C(=O)O. The van der Waals surface area contributed by atoms with Crippen LogP contribution in [-0.4, -0.2) is 81.3 Å². The Kier molecular flexibility index (Phi) is 10.8. The van der Waals surface area contributed by atoms with Crippen molar-refractivity contribution in [2.24, 2.45) is 0 Å². The molecule has 0 fully saturated rings. The number of fused-ring (bicyclic) bond motifs is 2. The van der Waals surface area contributed by atoms with Crippen LogP contribution in [0.1, 0.15) is 43.9 Å².